The molecule has 0 aliphatic carbocycles. The molecule has 4 nitrogen and oxygen atoms in total. The molecular formula is C22H20N2O2. The molecule has 0 bridgehead atoms. The molecule has 130 valence electrons. The third kappa shape index (κ3) is 3.71. The molecule has 0 saturated carbocycles. The number of carbonyl (C=O) groups excluding carboxylic acids is 1. The molecule has 0 aliphatic rings. The third-order valence-electron chi connectivity index (χ3n) is 4.17. The van der Waals surface area contributed by atoms with Gasteiger partial charge in [0.05, 0.1) is 6.21 Å². The van der Waals surface area contributed by atoms with Gasteiger partial charge in [0.15, 0.2) is 5.60 Å². The maximum absolute atomic E-state index is 12.8. The molecule has 0 fully saturated rings. The molecule has 0 radical (unpaired) electrons. The van der Waals surface area contributed by atoms with E-state index in [-0.39, 0.29) is 0 Å². The van der Waals surface area contributed by atoms with Crippen molar-refractivity contribution in [3.8, 4) is 0 Å². The number of nitrogens with zero attached hydrogens (tertiary/aromatic N) is 1. The Labute approximate surface area is 152 Å². The molecule has 0 unspecified atom stereocenters. The lowest BCUT2D eigenvalue weighted by molar-refractivity contribution is -0.136. The monoisotopic (exact) mass is 344 g/mol. The topological polar surface area (TPSA) is 61.7 Å². The van der Waals surface area contributed by atoms with Crippen LogP contribution in [0.5, 0.6) is 0 Å². The van der Waals surface area contributed by atoms with Gasteiger partial charge < -0.3 is 5.11 Å². The number of aryl methyl sites for hydroxylation is 1. The number of hydrazone groups is 1. The van der Waals surface area contributed by atoms with Crippen LogP contribution in [0.2, 0.25) is 0 Å². The standard InChI is InChI=1S/C22H20N2O2/c1-17-12-14-18(15-13-17)16-23-24-21(25)22(26,19-8-4-2-5-9-19)20-10-6-3-7-11-20/h2-16,26H,1H3,(H,24,25)/b23-16+. The minimum absolute atomic E-state index is 0.481. The first kappa shape index (κ1) is 17.6. The highest BCUT2D eigenvalue weighted by Crippen LogP contribution is 2.29. The summed E-state index contributed by atoms with van der Waals surface area (Å²) in [4.78, 5) is 12.8. The molecular weight excluding hydrogens is 324 g/mol. The van der Waals surface area contributed by atoms with Crippen molar-refractivity contribution in [3.05, 3.63) is 107 Å². The predicted molar refractivity (Wildman–Crippen MR) is 103 cm³/mol. The van der Waals surface area contributed by atoms with Crippen LogP contribution in [-0.4, -0.2) is 17.2 Å². The molecule has 0 saturated heterocycles. The Morgan fingerprint density at radius 1 is 0.885 bits per heavy atom. The molecule has 3 aromatic carbocycles. The van der Waals surface area contributed by atoms with Crippen molar-refractivity contribution >= 4 is 12.1 Å². The quantitative estimate of drug-likeness (QED) is 0.550. The van der Waals surface area contributed by atoms with Gasteiger partial charge in [0, 0.05) is 0 Å². The van der Waals surface area contributed by atoms with E-state index in [1.165, 1.54) is 0 Å². The Bertz CT molecular complexity index is 849. The zero-order valence-corrected chi connectivity index (χ0v) is 14.5. The van der Waals surface area contributed by atoms with E-state index in [4.69, 9.17) is 0 Å². The first-order valence-electron chi connectivity index (χ1n) is 8.34. The van der Waals surface area contributed by atoms with Crippen LogP contribution >= 0.6 is 0 Å². The van der Waals surface area contributed by atoms with Crippen molar-refractivity contribution in [3.63, 3.8) is 0 Å². The molecule has 1 amide bonds. The first-order valence-corrected chi connectivity index (χ1v) is 8.34. The van der Waals surface area contributed by atoms with Crippen LogP contribution in [-0.2, 0) is 10.4 Å². The van der Waals surface area contributed by atoms with Gasteiger partial charge in [-0.05, 0) is 23.6 Å². The van der Waals surface area contributed by atoms with Crippen LogP contribution in [0.25, 0.3) is 0 Å². The second kappa shape index (κ2) is 7.76. The average molecular weight is 344 g/mol. The van der Waals surface area contributed by atoms with Crippen molar-refractivity contribution in [2.45, 2.75) is 12.5 Å². The number of carbonyl (C=O) groups is 1. The summed E-state index contributed by atoms with van der Waals surface area (Å²) in [6, 6.07) is 25.4. The highest BCUT2D eigenvalue weighted by atomic mass is 16.3. The number of hydrogen-bond donors (Lipinski definition) is 2. The summed E-state index contributed by atoms with van der Waals surface area (Å²) in [6.45, 7) is 2.00. The average Bonchev–Trinajstić information content (AvgIpc) is 2.70. The minimum Gasteiger partial charge on any atom is -0.372 e. The molecule has 3 rings (SSSR count). The van der Waals surface area contributed by atoms with Gasteiger partial charge in [-0.25, -0.2) is 5.43 Å². The Hall–Kier alpha value is -3.24. The molecule has 0 atom stereocenters. The van der Waals surface area contributed by atoms with Gasteiger partial charge in [-0.2, -0.15) is 5.10 Å². The third-order valence-corrected chi connectivity index (χ3v) is 4.17. The van der Waals surface area contributed by atoms with Crippen molar-refractivity contribution in [2.24, 2.45) is 5.10 Å². The molecule has 2 N–H and O–H groups in total. The van der Waals surface area contributed by atoms with E-state index in [0.717, 1.165) is 11.1 Å². The van der Waals surface area contributed by atoms with E-state index < -0.39 is 11.5 Å². The van der Waals surface area contributed by atoms with Gasteiger partial charge in [-0.1, -0.05) is 90.5 Å². The largest absolute Gasteiger partial charge is 0.372 e. The lowest BCUT2D eigenvalue weighted by atomic mass is 9.85. The fourth-order valence-electron chi connectivity index (χ4n) is 2.69. The number of nitrogens with one attached hydrogen (secondary N) is 1. The van der Waals surface area contributed by atoms with Gasteiger partial charge in [-0.3, -0.25) is 4.79 Å². The maximum atomic E-state index is 12.8. The Morgan fingerprint density at radius 2 is 1.38 bits per heavy atom. The van der Waals surface area contributed by atoms with E-state index in [0.29, 0.717) is 11.1 Å². The van der Waals surface area contributed by atoms with E-state index in [1.807, 2.05) is 43.3 Å². The highest BCUT2D eigenvalue weighted by Gasteiger charge is 2.39. The van der Waals surface area contributed by atoms with Crippen molar-refractivity contribution in [1.82, 2.24) is 5.43 Å². The molecule has 0 aliphatic heterocycles. The summed E-state index contributed by atoms with van der Waals surface area (Å²) < 4.78 is 0. The smallest absolute Gasteiger partial charge is 0.281 e. The first-order chi connectivity index (χ1) is 12.6. The molecule has 0 aromatic heterocycles. The summed E-state index contributed by atoms with van der Waals surface area (Å²) in [6.07, 6.45) is 1.55. The molecule has 0 heterocycles. The Kier molecular flexibility index (Phi) is 5.25. The predicted octanol–water partition coefficient (Wildman–Crippen LogP) is 3.38. The van der Waals surface area contributed by atoms with E-state index in [2.05, 4.69) is 10.5 Å². The summed E-state index contributed by atoms with van der Waals surface area (Å²) in [5, 5.41) is 15.3. The van der Waals surface area contributed by atoms with Gasteiger partial charge in [0.1, 0.15) is 0 Å². The van der Waals surface area contributed by atoms with Crippen LogP contribution in [0.3, 0.4) is 0 Å². The maximum Gasteiger partial charge on any atom is 0.281 e. The normalized spacial score (nSPS) is 11.5. The van der Waals surface area contributed by atoms with Crippen LogP contribution in [0.15, 0.2) is 90.0 Å². The fourth-order valence-corrected chi connectivity index (χ4v) is 2.69. The van der Waals surface area contributed by atoms with E-state index in [1.54, 1.807) is 54.7 Å². The lowest BCUT2D eigenvalue weighted by Crippen LogP contribution is -2.43. The zero-order chi connectivity index (χ0) is 18.4. The SMILES string of the molecule is Cc1ccc(/C=N/NC(=O)C(O)(c2ccccc2)c2ccccc2)cc1. The number of amides is 1. The van der Waals surface area contributed by atoms with Crippen molar-refractivity contribution < 1.29 is 9.90 Å². The number of hydrogen-bond acceptors (Lipinski definition) is 3. The highest BCUT2D eigenvalue weighted by molar-refractivity contribution is 5.91. The summed E-state index contributed by atoms with van der Waals surface area (Å²) >= 11 is 0. The summed E-state index contributed by atoms with van der Waals surface area (Å²) in [5.74, 6) is -0.613. The lowest BCUT2D eigenvalue weighted by Gasteiger charge is -2.27. The van der Waals surface area contributed by atoms with Crippen molar-refractivity contribution in [2.75, 3.05) is 0 Å². The van der Waals surface area contributed by atoms with E-state index >= 15 is 0 Å². The summed E-state index contributed by atoms with van der Waals surface area (Å²) in [5.41, 5.74) is 3.61. The van der Waals surface area contributed by atoms with Gasteiger partial charge >= 0.3 is 0 Å². The van der Waals surface area contributed by atoms with Crippen LogP contribution in [0, 0.1) is 6.92 Å². The Balaban J connectivity index is 1.87. The number of rotatable bonds is 5. The van der Waals surface area contributed by atoms with Gasteiger partial charge in [0.25, 0.3) is 5.91 Å². The molecule has 26 heavy (non-hydrogen) atoms. The minimum atomic E-state index is -1.83. The molecule has 0 spiro atoms. The van der Waals surface area contributed by atoms with Gasteiger partial charge in [-0.15, -0.1) is 0 Å². The molecule has 4 heteroatoms. The second-order valence-electron chi connectivity index (χ2n) is 6.05. The zero-order valence-electron chi connectivity index (χ0n) is 14.5. The van der Waals surface area contributed by atoms with Crippen molar-refractivity contribution in [1.29, 1.82) is 0 Å². The Morgan fingerprint density at radius 3 is 1.88 bits per heavy atom. The second-order valence-corrected chi connectivity index (χ2v) is 6.05. The molecule has 3 aromatic rings. The summed E-state index contributed by atoms with van der Waals surface area (Å²) in [7, 11) is 0. The fraction of sp³-hybridized carbons (Fsp3) is 0.0909. The van der Waals surface area contributed by atoms with Crippen LogP contribution in [0.1, 0.15) is 22.3 Å². The number of aliphatic hydroxyl groups is 1. The van der Waals surface area contributed by atoms with E-state index in [9.17, 15) is 9.90 Å². The van der Waals surface area contributed by atoms with Crippen LogP contribution in [0.4, 0.5) is 0 Å². The number of benzene rings is 3. The van der Waals surface area contributed by atoms with Gasteiger partial charge in [0.2, 0.25) is 0 Å². The van der Waals surface area contributed by atoms with Crippen LogP contribution < -0.4 is 5.43 Å².